The van der Waals surface area contributed by atoms with Crippen LogP contribution < -0.4 is 10.6 Å². The molecule has 0 aliphatic heterocycles. The maximum atomic E-state index is 13.5. The van der Waals surface area contributed by atoms with Crippen molar-refractivity contribution in [1.29, 1.82) is 0 Å². The van der Waals surface area contributed by atoms with Crippen molar-refractivity contribution in [3.63, 3.8) is 0 Å². The summed E-state index contributed by atoms with van der Waals surface area (Å²) in [5.41, 5.74) is 5.01. The third-order valence-corrected chi connectivity index (χ3v) is 9.82. The highest BCUT2D eigenvalue weighted by Gasteiger charge is 2.31. The number of thiophene rings is 1. The van der Waals surface area contributed by atoms with Crippen LogP contribution in [0.15, 0.2) is 79.1 Å². The lowest BCUT2D eigenvalue weighted by molar-refractivity contribution is -0.128. The zero-order valence-corrected chi connectivity index (χ0v) is 28.2. The van der Waals surface area contributed by atoms with Crippen molar-refractivity contribution in [3.05, 3.63) is 100 Å². The summed E-state index contributed by atoms with van der Waals surface area (Å²) in [6.45, 7) is 7.65. The van der Waals surface area contributed by atoms with Crippen molar-refractivity contribution in [3.8, 4) is 22.5 Å². The van der Waals surface area contributed by atoms with Crippen LogP contribution in [0.1, 0.15) is 72.6 Å². The maximum Gasteiger partial charge on any atom is 0.262 e. The molecule has 2 aromatic heterocycles. The number of nitrogens with zero attached hydrogens (tertiary/aromatic N) is 2. The van der Waals surface area contributed by atoms with Crippen LogP contribution in [0.5, 0.6) is 0 Å². The van der Waals surface area contributed by atoms with Gasteiger partial charge in [-0.05, 0) is 53.2 Å². The fraction of sp³-hybridized carbons (Fsp3) is 0.351. The van der Waals surface area contributed by atoms with E-state index in [0.717, 1.165) is 38.3 Å². The van der Waals surface area contributed by atoms with E-state index in [9.17, 15) is 28.6 Å². The predicted molar refractivity (Wildman–Crippen MR) is 183 cm³/mol. The fourth-order valence-electron chi connectivity index (χ4n) is 5.29. The first kappa shape index (κ1) is 35.0. The summed E-state index contributed by atoms with van der Waals surface area (Å²) in [5.74, 6) is -3.03. The monoisotopic (exact) mass is 674 g/mol. The molecule has 0 saturated heterocycles. The van der Waals surface area contributed by atoms with Crippen molar-refractivity contribution < 1.29 is 28.6 Å². The van der Waals surface area contributed by atoms with Gasteiger partial charge >= 0.3 is 0 Å². The molecule has 0 spiro atoms. The molecule has 1 aliphatic rings. The van der Waals surface area contributed by atoms with Crippen LogP contribution in [0.25, 0.3) is 28.1 Å². The fourth-order valence-corrected chi connectivity index (χ4v) is 6.25. The van der Waals surface area contributed by atoms with E-state index in [-0.39, 0.29) is 30.6 Å². The summed E-state index contributed by atoms with van der Waals surface area (Å²) < 4.78 is 27.0. The van der Waals surface area contributed by atoms with Crippen molar-refractivity contribution in [2.75, 3.05) is 0 Å². The largest absolute Gasteiger partial charge is 0.366 e. The van der Waals surface area contributed by atoms with Crippen LogP contribution in [-0.2, 0) is 16.6 Å². The van der Waals surface area contributed by atoms with Crippen LogP contribution in [0.2, 0.25) is 0 Å². The number of halogens is 2. The van der Waals surface area contributed by atoms with Crippen LogP contribution in [0, 0.1) is 0 Å². The predicted octanol–water partition coefficient (Wildman–Crippen LogP) is 6.53. The topological polar surface area (TPSA) is 124 Å². The van der Waals surface area contributed by atoms with Gasteiger partial charge in [0, 0.05) is 47.7 Å². The number of carbonyl (C=O) groups is 2. The summed E-state index contributed by atoms with van der Waals surface area (Å²) in [5, 5.41) is 24.4. The van der Waals surface area contributed by atoms with Crippen molar-refractivity contribution in [2.24, 2.45) is 0 Å². The Morgan fingerprint density at radius 1 is 0.896 bits per heavy atom. The molecule has 8 nitrogen and oxygen atoms in total. The number of allylic oxidation sites excluding steroid dienone is 2. The Hall–Kier alpha value is -4.32. The summed E-state index contributed by atoms with van der Waals surface area (Å²) in [6.07, 6.45) is 3.50. The van der Waals surface area contributed by atoms with E-state index in [0.29, 0.717) is 17.1 Å². The number of hydrogen-bond donors (Lipinski definition) is 4. The van der Waals surface area contributed by atoms with Crippen molar-refractivity contribution in [1.82, 2.24) is 20.6 Å². The summed E-state index contributed by atoms with van der Waals surface area (Å²) >= 11 is 1.37. The lowest BCUT2D eigenvalue weighted by Crippen LogP contribution is -2.52. The van der Waals surface area contributed by atoms with Crippen LogP contribution >= 0.6 is 11.3 Å². The lowest BCUT2D eigenvalue weighted by Gasteiger charge is -2.22. The summed E-state index contributed by atoms with van der Waals surface area (Å²) in [6, 6.07) is 16.8. The molecule has 0 saturated carbocycles. The van der Waals surface area contributed by atoms with Gasteiger partial charge in [0.2, 0.25) is 5.91 Å². The van der Waals surface area contributed by atoms with Crippen LogP contribution in [0.4, 0.5) is 8.78 Å². The summed E-state index contributed by atoms with van der Waals surface area (Å²) in [7, 11) is 0. The summed E-state index contributed by atoms with van der Waals surface area (Å²) in [4.78, 5) is 36.9. The van der Waals surface area contributed by atoms with Gasteiger partial charge in [-0.3, -0.25) is 9.59 Å². The normalized spacial score (nSPS) is 15.8. The first-order chi connectivity index (χ1) is 22.7. The molecule has 4 aromatic rings. The van der Waals surface area contributed by atoms with Gasteiger partial charge in [0.15, 0.2) is 12.1 Å². The highest BCUT2D eigenvalue weighted by atomic mass is 32.1. The minimum absolute atomic E-state index is 0.122. The van der Waals surface area contributed by atoms with E-state index in [1.54, 1.807) is 24.5 Å². The second kappa shape index (κ2) is 14.4. The molecule has 0 fully saturated rings. The number of nitrogens with one attached hydrogen (secondary N) is 2. The number of hydrogen-bond acceptors (Lipinski definition) is 7. The van der Waals surface area contributed by atoms with E-state index in [1.807, 2.05) is 54.6 Å². The molecule has 2 aromatic carbocycles. The molecule has 0 radical (unpaired) electrons. The van der Waals surface area contributed by atoms with Crippen molar-refractivity contribution >= 4 is 28.7 Å². The molecule has 252 valence electrons. The first-order valence-corrected chi connectivity index (χ1v) is 16.7. The van der Waals surface area contributed by atoms with Gasteiger partial charge in [-0.2, -0.15) is 0 Å². The quantitative estimate of drug-likeness (QED) is 0.142. The number of aromatic nitrogens is 2. The van der Waals surface area contributed by atoms with Crippen LogP contribution in [-0.4, -0.2) is 56.3 Å². The Morgan fingerprint density at radius 2 is 1.52 bits per heavy atom. The van der Waals surface area contributed by atoms with Gasteiger partial charge in [0.05, 0.1) is 10.9 Å². The van der Waals surface area contributed by atoms with Gasteiger partial charge in [0.25, 0.3) is 11.8 Å². The molecule has 5 rings (SSSR count). The molecule has 0 unspecified atom stereocenters. The lowest BCUT2D eigenvalue weighted by atomic mass is 9.91. The maximum absolute atomic E-state index is 13.5. The number of alkyl halides is 2. The Bertz CT molecular complexity index is 1760. The minimum atomic E-state index is -2.62. The third-order valence-electron chi connectivity index (χ3n) is 8.31. The van der Waals surface area contributed by atoms with Gasteiger partial charge in [0.1, 0.15) is 6.04 Å². The van der Waals surface area contributed by atoms with Gasteiger partial charge < -0.3 is 20.8 Å². The zero-order valence-electron chi connectivity index (χ0n) is 27.3. The molecular formula is C37H40F2N4O4S. The average Bonchev–Trinajstić information content (AvgIpc) is 3.57. The second-order valence-corrected chi connectivity index (χ2v) is 14.3. The highest BCUT2D eigenvalue weighted by molar-refractivity contribution is 7.14. The SMILES string of the molecule is C[C@@H](NC(=O)[C@H](Cc1ccc(-c2ncc(-c3ccc(C4=CCC(F)(F)CC4)cc3)cn2)cc1)NC(=O)c1ccc(C(C)(C)C)s1)C(O)O. The number of carbonyl (C=O) groups excluding carboxylic acids is 2. The number of aliphatic hydroxyl groups excluding tert-OH is 1. The molecule has 48 heavy (non-hydrogen) atoms. The molecule has 1 aliphatic carbocycles. The molecular weight excluding hydrogens is 634 g/mol. The van der Waals surface area contributed by atoms with E-state index >= 15 is 0 Å². The molecule has 2 heterocycles. The number of rotatable bonds is 10. The standard InChI is InChI=1S/C37H40F2N4O4S/c1-22(35(46)47)42-33(44)29(43-34(45)30-13-14-31(48-30)36(2,3)4)19-23-5-7-27(8-6-23)32-40-20-28(21-41-32)25-11-9-24(10-12-25)26-15-17-37(38,39)18-16-26/h5-15,20-22,29,35,46-47H,16-19H2,1-4H3,(H,42,44)(H,43,45)/t22-,29+/m1/s1. The molecule has 4 N–H and O–H groups in total. The van der Waals surface area contributed by atoms with Crippen molar-refractivity contribution in [2.45, 2.75) is 83.1 Å². The van der Waals surface area contributed by atoms with E-state index in [2.05, 4.69) is 41.4 Å². The number of benzene rings is 2. The number of aliphatic hydroxyl groups is 2. The van der Waals surface area contributed by atoms with Crippen LogP contribution in [0.3, 0.4) is 0 Å². The van der Waals surface area contributed by atoms with Gasteiger partial charge in [-0.1, -0.05) is 75.4 Å². The van der Waals surface area contributed by atoms with E-state index in [4.69, 9.17) is 0 Å². The van der Waals surface area contributed by atoms with E-state index in [1.165, 1.54) is 18.3 Å². The minimum Gasteiger partial charge on any atom is -0.366 e. The first-order valence-electron chi connectivity index (χ1n) is 15.9. The average molecular weight is 675 g/mol. The third kappa shape index (κ3) is 8.77. The smallest absolute Gasteiger partial charge is 0.262 e. The second-order valence-electron chi connectivity index (χ2n) is 13.2. The molecule has 2 amide bonds. The Morgan fingerprint density at radius 3 is 2.08 bits per heavy atom. The Balaban J connectivity index is 1.26. The molecule has 2 atom stereocenters. The van der Waals surface area contributed by atoms with Gasteiger partial charge in [-0.25, -0.2) is 18.7 Å². The number of amides is 2. The Kier molecular flexibility index (Phi) is 10.5. The molecule has 0 bridgehead atoms. The van der Waals surface area contributed by atoms with Gasteiger partial charge in [-0.15, -0.1) is 11.3 Å². The highest BCUT2D eigenvalue weighted by Crippen LogP contribution is 2.36. The molecule has 11 heteroatoms. The Labute approximate surface area is 283 Å². The zero-order chi connectivity index (χ0) is 34.6. The van der Waals surface area contributed by atoms with E-state index < -0.39 is 30.2 Å².